The van der Waals surface area contributed by atoms with Crippen LogP contribution in [0, 0.1) is 0 Å². The number of likely N-dealkylation sites (N-methyl/N-ethyl adjacent to an activating group) is 1. The third kappa shape index (κ3) is 3.11. The van der Waals surface area contributed by atoms with Crippen molar-refractivity contribution in [2.75, 3.05) is 33.2 Å². The van der Waals surface area contributed by atoms with Crippen molar-refractivity contribution < 1.29 is 4.79 Å². The quantitative estimate of drug-likeness (QED) is 0.663. The predicted molar refractivity (Wildman–Crippen MR) is 102 cm³/mol. The van der Waals surface area contributed by atoms with Gasteiger partial charge in [0.15, 0.2) is 0 Å². The molecule has 2 aromatic heterocycles. The molecule has 3 aromatic rings. The minimum absolute atomic E-state index is 0. The van der Waals surface area contributed by atoms with Gasteiger partial charge in [0.2, 0.25) is 0 Å². The predicted octanol–water partition coefficient (Wildman–Crippen LogP) is 3.65. The number of fused-ring (bicyclic) bond motifs is 3. The van der Waals surface area contributed by atoms with E-state index in [0.717, 1.165) is 42.7 Å². The van der Waals surface area contributed by atoms with Crippen LogP contribution in [0.15, 0.2) is 36.5 Å². The van der Waals surface area contributed by atoms with E-state index >= 15 is 0 Å². The molecular weight excluding hydrogens is 342 g/mol. The van der Waals surface area contributed by atoms with E-state index in [1.165, 1.54) is 10.1 Å². The van der Waals surface area contributed by atoms with Crippen LogP contribution in [0.4, 0.5) is 0 Å². The Kier molecular flexibility index (Phi) is 5.04. The number of thiophene rings is 1. The van der Waals surface area contributed by atoms with Crippen molar-refractivity contribution in [2.24, 2.45) is 0 Å². The van der Waals surface area contributed by atoms with Crippen molar-refractivity contribution in [1.82, 2.24) is 14.8 Å². The molecule has 0 saturated carbocycles. The average molecular weight is 362 g/mol. The van der Waals surface area contributed by atoms with Gasteiger partial charge in [-0.3, -0.25) is 4.79 Å². The lowest BCUT2D eigenvalue weighted by Gasteiger charge is -2.20. The Morgan fingerprint density at radius 3 is 2.79 bits per heavy atom. The number of carbonyl (C=O) groups excluding carboxylic acids is 1. The summed E-state index contributed by atoms with van der Waals surface area (Å²) in [6.45, 7) is 3.56. The van der Waals surface area contributed by atoms with E-state index < -0.39 is 0 Å². The van der Waals surface area contributed by atoms with Crippen molar-refractivity contribution in [3.8, 4) is 0 Å². The van der Waals surface area contributed by atoms with E-state index in [2.05, 4.69) is 29.1 Å². The summed E-state index contributed by atoms with van der Waals surface area (Å²) in [5, 5.41) is 2.34. The highest BCUT2D eigenvalue weighted by Gasteiger charge is 2.20. The summed E-state index contributed by atoms with van der Waals surface area (Å²) in [5.74, 6) is 0.0532. The molecular formula is C18H20ClN3OS. The first kappa shape index (κ1) is 17.1. The highest BCUT2D eigenvalue weighted by atomic mass is 35.5. The summed E-state index contributed by atoms with van der Waals surface area (Å²) in [6.07, 6.45) is 2.86. The van der Waals surface area contributed by atoms with Gasteiger partial charge >= 0.3 is 0 Å². The van der Waals surface area contributed by atoms with Crippen molar-refractivity contribution in [3.63, 3.8) is 0 Å². The van der Waals surface area contributed by atoms with Crippen LogP contribution in [0.5, 0.6) is 0 Å². The SMILES string of the molecule is CN1CCCN(C(=O)c2cc3c(cn2)sc2ccccc23)CC1.Cl. The lowest BCUT2D eigenvalue weighted by Crippen LogP contribution is -2.34. The summed E-state index contributed by atoms with van der Waals surface area (Å²) in [6, 6.07) is 10.3. The van der Waals surface area contributed by atoms with Gasteiger partial charge in [0, 0.05) is 41.3 Å². The van der Waals surface area contributed by atoms with Gasteiger partial charge in [-0.05, 0) is 32.1 Å². The fourth-order valence-corrected chi connectivity index (χ4v) is 4.22. The Morgan fingerprint density at radius 2 is 1.92 bits per heavy atom. The molecule has 1 aromatic carbocycles. The third-order valence-electron chi connectivity index (χ3n) is 4.49. The highest BCUT2D eigenvalue weighted by Crippen LogP contribution is 2.33. The van der Waals surface area contributed by atoms with E-state index in [0.29, 0.717) is 5.69 Å². The van der Waals surface area contributed by atoms with Gasteiger partial charge in [-0.15, -0.1) is 23.7 Å². The molecule has 0 bridgehead atoms. The minimum atomic E-state index is 0. The van der Waals surface area contributed by atoms with E-state index in [1.54, 1.807) is 11.3 Å². The zero-order chi connectivity index (χ0) is 15.8. The van der Waals surface area contributed by atoms with Crippen LogP contribution in [0.3, 0.4) is 0 Å². The summed E-state index contributed by atoms with van der Waals surface area (Å²) in [4.78, 5) is 21.5. The van der Waals surface area contributed by atoms with Crippen LogP contribution < -0.4 is 0 Å². The number of amides is 1. The van der Waals surface area contributed by atoms with E-state index in [9.17, 15) is 4.79 Å². The Hall–Kier alpha value is -1.69. The zero-order valence-corrected chi connectivity index (χ0v) is 15.2. The van der Waals surface area contributed by atoms with Crippen molar-refractivity contribution >= 4 is 49.8 Å². The van der Waals surface area contributed by atoms with Gasteiger partial charge in [-0.25, -0.2) is 4.98 Å². The van der Waals surface area contributed by atoms with Gasteiger partial charge in [0.25, 0.3) is 5.91 Å². The molecule has 0 atom stereocenters. The second-order valence-electron chi connectivity index (χ2n) is 6.11. The molecule has 0 radical (unpaired) electrons. The lowest BCUT2D eigenvalue weighted by atomic mass is 10.1. The maximum absolute atomic E-state index is 12.8. The largest absolute Gasteiger partial charge is 0.336 e. The van der Waals surface area contributed by atoms with Gasteiger partial charge in [-0.1, -0.05) is 18.2 Å². The number of pyridine rings is 1. The molecule has 126 valence electrons. The molecule has 3 heterocycles. The molecule has 1 aliphatic rings. The molecule has 1 fully saturated rings. The molecule has 0 spiro atoms. The molecule has 24 heavy (non-hydrogen) atoms. The van der Waals surface area contributed by atoms with Crippen molar-refractivity contribution in [2.45, 2.75) is 6.42 Å². The third-order valence-corrected chi connectivity index (χ3v) is 5.61. The Labute approximate surface area is 151 Å². The standard InChI is InChI=1S/C18H19N3OS.ClH/c1-20-7-4-8-21(10-9-20)18(22)15-11-14-13-5-2-3-6-16(13)23-17(14)12-19-15;/h2-3,5-6,11-12H,4,7-10H2,1H3;1H. The molecule has 4 nitrogen and oxygen atoms in total. The second-order valence-corrected chi connectivity index (χ2v) is 7.20. The fourth-order valence-electron chi connectivity index (χ4n) is 3.16. The van der Waals surface area contributed by atoms with Gasteiger partial charge < -0.3 is 9.80 Å². The molecule has 6 heteroatoms. The van der Waals surface area contributed by atoms with Crippen LogP contribution in [-0.2, 0) is 0 Å². The summed E-state index contributed by atoms with van der Waals surface area (Å²) in [5.41, 5.74) is 0.561. The first-order chi connectivity index (χ1) is 11.2. The number of carbonyl (C=O) groups is 1. The van der Waals surface area contributed by atoms with E-state index in [4.69, 9.17) is 0 Å². The van der Waals surface area contributed by atoms with Crippen LogP contribution >= 0.6 is 23.7 Å². The van der Waals surface area contributed by atoms with Crippen molar-refractivity contribution in [3.05, 3.63) is 42.2 Å². The summed E-state index contributed by atoms with van der Waals surface area (Å²) < 4.78 is 2.38. The van der Waals surface area contributed by atoms with E-state index in [1.807, 2.05) is 29.3 Å². The molecule has 0 aliphatic carbocycles. The normalized spacial score (nSPS) is 16.1. The number of rotatable bonds is 1. The number of aromatic nitrogens is 1. The fraction of sp³-hybridized carbons (Fsp3) is 0.333. The van der Waals surface area contributed by atoms with Crippen LogP contribution in [-0.4, -0.2) is 53.9 Å². The number of hydrogen-bond donors (Lipinski definition) is 0. The number of hydrogen-bond acceptors (Lipinski definition) is 4. The van der Waals surface area contributed by atoms with E-state index in [-0.39, 0.29) is 18.3 Å². The molecule has 0 N–H and O–H groups in total. The Bertz CT molecular complexity index is 879. The Balaban J connectivity index is 0.00000169. The van der Waals surface area contributed by atoms with Crippen LogP contribution in [0.1, 0.15) is 16.9 Å². The summed E-state index contributed by atoms with van der Waals surface area (Å²) >= 11 is 1.73. The molecule has 4 rings (SSSR count). The first-order valence-corrected chi connectivity index (χ1v) is 8.79. The monoisotopic (exact) mass is 361 g/mol. The zero-order valence-electron chi connectivity index (χ0n) is 13.6. The number of halogens is 1. The Morgan fingerprint density at radius 1 is 1.08 bits per heavy atom. The molecule has 1 amide bonds. The number of nitrogens with zero attached hydrogens (tertiary/aromatic N) is 3. The van der Waals surface area contributed by atoms with Gasteiger partial charge in [0.05, 0.1) is 4.70 Å². The topological polar surface area (TPSA) is 36.4 Å². The highest BCUT2D eigenvalue weighted by molar-refractivity contribution is 7.25. The summed E-state index contributed by atoms with van der Waals surface area (Å²) in [7, 11) is 2.11. The second kappa shape index (κ2) is 7.05. The molecule has 1 saturated heterocycles. The lowest BCUT2D eigenvalue weighted by molar-refractivity contribution is 0.0757. The van der Waals surface area contributed by atoms with Gasteiger partial charge in [0.1, 0.15) is 5.69 Å². The van der Waals surface area contributed by atoms with Crippen LogP contribution in [0.25, 0.3) is 20.2 Å². The molecule has 1 aliphatic heterocycles. The maximum Gasteiger partial charge on any atom is 0.272 e. The van der Waals surface area contributed by atoms with Crippen LogP contribution in [0.2, 0.25) is 0 Å². The van der Waals surface area contributed by atoms with Crippen molar-refractivity contribution in [1.29, 1.82) is 0 Å². The maximum atomic E-state index is 12.8. The smallest absolute Gasteiger partial charge is 0.272 e. The first-order valence-electron chi connectivity index (χ1n) is 7.97. The average Bonchev–Trinajstić information content (AvgIpc) is 2.80. The van der Waals surface area contributed by atoms with Gasteiger partial charge in [-0.2, -0.15) is 0 Å². The molecule has 0 unspecified atom stereocenters. The number of benzene rings is 1. The minimum Gasteiger partial charge on any atom is -0.336 e.